The van der Waals surface area contributed by atoms with Crippen LogP contribution in [0.5, 0.6) is 0 Å². The predicted octanol–water partition coefficient (Wildman–Crippen LogP) is 4.26. The van der Waals surface area contributed by atoms with Gasteiger partial charge in [-0.1, -0.05) is 18.2 Å². The second-order valence-electron chi connectivity index (χ2n) is 4.92. The molecule has 0 aliphatic heterocycles. The largest absolute Gasteiger partial charge is 0.268 e. The Morgan fingerprint density at radius 2 is 1.81 bits per heavy atom. The van der Waals surface area contributed by atoms with E-state index in [4.69, 9.17) is 11.6 Å². The van der Waals surface area contributed by atoms with Crippen molar-refractivity contribution in [1.82, 2.24) is 9.55 Å². The van der Waals surface area contributed by atoms with Crippen LogP contribution in [0.2, 0.25) is 5.28 Å². The van der Waals surface area contributed by atoms with Gasteiger partial charge >= 0.3 is 0 Å². The van der Waals surface area contributed by atoms with E-state index in [0.29, 0.717) is 10.9 Å². The molecule has 0 radical (unpaired) electrons. The first-order valence-electron chi connectivity index (χ1n) is 6.43. The quantitative estimate of drug-likeness (QED) is 0.444. The van der Waals surface area contributed by atoms with E-state index in [0.717, 1.165) is 20.4 Å². The van der Waals surface area contributed by atoms with E-state index < -0.39 is 0 Å². The van der Waals surface area contributed by atoms with E-state index in [9.17, 15) is 4.79 Å². The summed E-state index contributed by atoms with van der Waals surface area (Å²) >= 11 is 8.46. The summed E-state index contributed by atoms with van der Waals surface area (Å²) in [6.07, 6.45) is 0. The fourth-order valence-corrected chi connectivity index (χ4v) is 3.23. The number of fused-ring (bicyclic) bond motifs is 1. The molecule has 0 aliphatic carbocycles. The lowest BCUT2D eigenvalue weighted by atomic mass is 10.1. The van der Waals surface area contributed by atoms with Crippen LogP contribution in [0.25, 0.3) is 16.6 Å². The molecule has 106 valence electrons. The number of hydrogen-bond acceptors (Lipinski definition) is 2. The Balaban J connectivity index is 2.46. The van der Waals surface area contributed by atoms with E-state index in [2.05, 4.69) is 27.6 Å². The van der Waals surface area contributed by atoms with Crippen LogP contribution in [-0.4, -0.2) is 9.55 Å². The summed E-state index contributed by atoms with van der Waals surface area (Å²) in [4.78, 5) is 17.2. The summed E-state index contributed by atoms with van der Waals surface area (Å²) in [5.41, 5.74) is 3.27. The number of benzene rings is 2. The molecule has 0 fully saturated rings. The molecule has 0 aliphatic rings. The van der Waals surface area contributed by atoms with Gasteiger partial charge in [0, 0.05) is 3.57 Å². The van der Waals surface area contributed by atoms with Crippen molar-refractivity contribution >= 4 is 45.1 Å². The summed E-state index contributed by atoms with van der Waals surface area (Å²) in [6.45, 7) is 3.92. The minimum Gasteiger partial charge on any atom is -0.268 e. The lowest BCUT2D eigenvalue weighted by molar-refractivity contribution is 0.943. The molecule has 0 N–H and O–H groups in total. The van der Waals surface area contributed by atoms with Gasteiger partial charge in [0.2, 0.25) is 5.28 Å². The number of rotatable bonds is 1. The zero-order valence-electron chi connectivity index (χ0n) is 11.5. The third-order valence-corrected chi connectivity index (χ3v) is 4.38. The normalized spacial score (nSPS) is 11.0. The monoisotopic (exact) mass is 410 g/mol. The Kier molecular flexibility index (Phi) is 3.75. The van der Waals surface area contributed by atoms with Crippen molar-refractivity contribution in [2.24, 2.45) is 0 Å². The Morgan fingerprint density at radius 3 is 2.48 bits per heavy atom. The molecule has 1 heterocycles. The second-order valence-corrected chi connectivity index (χ2v) is 6.51. The average molecular weight is 411 g/mol. The first kappa shape index (κ1) is 14.5. The summed E-state index contributed by atoms with van der Waals surface area (Å²) < 4.78 is 2.49. The van der Waals surface area contributed by atoms with Crippen LogP contribution in [0.15, 0.2) is 41.2 Å². The molecular weight excluding hydrogens is 399 g/mol. The van der Waals surface area contributed by atoms with Crippen molar-refractivity contribution in [2.75, 3.05) is 0 Å². The molecule has 0 amide bonds. The Bertz CT molecular complexity index is 898. The number of para-hydroxylation sites is 1. The maximum Gasteiger partial charge on any atom is 0.266 e. The van der Waals surface area contributed by atoms with Gasteiger partial charge in [0.25, 0.3) is 5.56 Å². The third-order valence-electron chi connectivity index (χ3n) is 3.45. The summed E-state index contributed by atoms with van der Waals surface area (Å²) in [6, 6.07) is 11.5. The van der Waals surface area contributed by atoms with Crippen LogP contribution in [0, 0.1) is 17.4 Å². The lowest BCUT2D eigenvalue weighted by Crippen LogP contribution is -2.22. The van der Waals surface area contributed by atoms with Gasteiger partial charge in [-0.2, -0.15) is 0 Å². The topological polar surface area (TPSA) is 34.9 Å². The second kappa shape index (κ2) is 5.42. The molecule has 3 nitrogen and oxygen atoms in total. The van der Waals surface area contributed by atoms with Gasteiger partial charge in [-0.3, -0.25) is 9.36 Å². The van der Waals surface area contributed by atoms with E-state index in [1.54, 1.807) is 0 Å². The molecule has 3 rings (SSSR count). The number of nitrogens with zero attached hydrogens (tertiary/aromatic N) is 2. The minimum atomic E-state index is -0.138. The average Bonchev–Trinajstić information content (AvgIpc) is 2.43. The molecule has 0 saturated carbocycles. The lowest BCUT2D eigenvalue weighted by Gasteiger charge is -2.14. The Labute approximate surface area is 140 Å². The van der Waals surface area contributed by atoms with Crippen LogP contribution in [0.3, 0.4) is 0 Å². The van der Waals surface area contributed by atoms with E-state index in [1.165, 1.54) is 4.57 Å². The summed E-state index contributed by atoms with van der Waals surface area (Å²) in [7, 11) is 0. The molecule has 0 unspecified atom stereocenters. The molecule has 21 heavy (non-hydrogen) atoms. The van der Waals surface area contributed by atoms with E-state index in [1.807, 2.05) is 50.2 Å². The zero-order chi connectivity index (χ0) is 15.1. The molecule has 0 spiro atoms. The maximum absolute atomic E-state index is 12.8. The molecular formula is C16H12ClIN2O. The van der Waals surface area contributed by atoms with Gasteiger partial charge in [0.1, 0.15) is 0 Å². The summed E-state index contributed by atoms with van der Waals surface area (Å²) in [5, 5.41) is 0.764. The van der Waals surface area contributed by atoms with E-state index >= 15 is 0 Å². The summed E-state index contributed by atoms with van der Waals surface area (Å²) in [5.74, 6) is 0. The predicted molar refractivity (Wildman–Crippen MR) is 94.5 cm³/mol. The van der Waals surface area contributed by atoms with Crippen molar-refractivity contribution in [1.29, 1.82) is 0 Å². The van der Waals surface area contributed by atoms with Crippen LogP contribution >= 0.6 is 34.2 Å². The van der Waals surface area contributed by atoms with Crippen LogP contribution < -0.4 is 5.56 Å². The van der Waals surface area contributed by atoms with Crippen LogP contribution in [0.1, 0.15) is 11.1 Å². The van der Waals surface area contributed by atoms with Crippen molar-refractivity contribution in [3.8, 4) is 5.69 Å². The molecule has 0 saturated heterocycles. The number of aryl methyl sites for hydroxylation is 2. The van der Waals surface area contributed by atoms with Crippen LogP contribution in [-0.2, 0) is 0 Å². The molecule has 2 aromatic carbocycles. The van der Waals surface area contributed by atoms with Crippen molar-refractivity contribution in [2.45, 2.75) is 13.8 Å². The standard InChI is InChI=1S/C16H12ClIN2O/c1-9-4-3-5-10(2)14(9)20-15(21)12-8-11(18)6-7-13(12)19-16(20)17/h3-8H,1-2H3. The molecule has 0 bridgehead atoms. The minimum absolute atomic E-state index is 0.138. The first-order valence-corrected chi connectivity index (χ1v) is 7.89. The Morgan fingerprint density at radius 1 is 1.14 bits per heavy atom. The smallest absolute Gasteiger partial charge is 0.266 e. The molecule has 0 atom stereocenters. The van der Waals surface area contributed by atoms with Gasteiger partial charge in [-0.05, 0) is 77.4 Å². The highest BCUT2D eigenvalue weighted by Crippen LogP contribution is 2.22. The highest BCUT2D eigenvalue weighted by atomic mass is 127. The molecule has 1 aromatic heterocycles. The van der Waals surface area contributed by atoms with Crippen molar-refractivity contribution in [3.05, 3.63) is 66.7 Å². The van der Waals surface area contributed by atoms with Gasteiger partial charge in [-0.15, -0.1) is 0 Å². The highest BCUT2D eigenvalue weighted by molar-refractivity contribution is 14.1. The van der Waals surface area contributed by atoms with Gasteiger partial charge in [-0.25, -0.2) is 4.98 Å². The van der Waals surface area contributed by atoms with Crippen molar-refractivity contribution < 1.29 is 0 Å². The fourth-order valence-electron chi connectivity index (χ4n) is 2.48. The first-order chi connectivity index (χ1) is 9.99. The highest BCUT2D eigenvalue weighted by Gasteiger charge is 2.14. The molecule has 3 aromatic rings. The number of aromatic nitrogens is 2. The number of halogens is 2. The van der Waals surface area contributed by atoms with Crippen LogP contribution in [0.4, 0.5) is 0 Å². The van der Waals surface area contributed by atoms with Gasteiger partial charge in [0.15, 0.2) is 0 Å². The third kappa shape index (κ3) is 2.46. The molecule has 5 heteroatoms. The Hall–Kier alpha value is -1.40. The SMILES string of the molecule is Cc1cccc(C)c1-n1c(Cl)nc2ccc(I)cc2c1=O. The zero-order valence-corrected chi connectivity index (χ0v) is 14.4. The van der Waals surface area contributed by atoms with Gasteiger partial charge in [0.05, 0.1) is 16.6 Å². The maximum atomic E-state index is 12.8. The number of hydrogen-bond donors (Lipinski definition) is 0. The fraction of sp³-hybridized carbons (Fsp3) is 0.125. The van der Waals surface area contributed by atoms with Gasteiger partial charge < -0.3 is 0 Å². The van der Waals surface area contributed by atoms with Crippen molar-refractivity contribution in [3.63, 3.8) is 0 Å². The van der Waals surface area contributed by atoms with E-state index in [-0.39, 0.29) is 10.8 Å².